The molecule has 1 aromatic carbocycles. The number of aromatic nitrogens is 1. The maximum atomic E-state index is 13.5. The predicted molar refractivity (Wildman–Crippen MR) is 116 cm³/mol. The van der Waals surface area contributed by atoms with Crippen molar-refractivity contribution in [1.82, 2.24) is 9.88 Å². The summed E-state index contributed by atoms with van der Waals surface area (Å²) in [6.07, 6.45) is 4.22. The van der Waals surface area contributed by atoms with Crippen LogP contribution in [-0.4, -0.2) is 29.1 Å². The number of hydrogen-bond donors (Lipinski definition) is 0. The van der Waals surface area contributed by atoms with Crippen LogP contribution in [0.1, 0.15) is 37.9 Å². The Morgan fingerprint density at radius 2 is 1.97 bits per heavy atom. The van der Waals surface area contributed by atoms with E-state index in [-0.39, 0.29) is 12.3 Å². The Kier molecular flexibility index (Phi) is 6.92. The van der Waals surface area contributed by atoms with E-state index in [2.05, 4.69) is 4.98 Å². The number of rotatable bonds is 7. The van der Waals surface area contributed by atoms with Crippen LogP contribution >= 0.6 is 11.3 Å². The zero-order chi connectivity index (χ0) is 21.7. The molecule has 0 saturated carbocycles. The maximum absolute atomic E-state index is 13.5. The number of halogens is 1. The van der Waals surface area contributed by atoms with E-state index < -0.39 is 11.6 Å². The molecule has 0 fully saturated rings. The highest BCUT2D eigenvalue weighted by atomic mass is 32.1. The quantitative estimate of drug-likeness (QED) is 0.599. The molecule has 0 aliphatic heterocycles. The number of ether oxygens (including phenoxy) is 2. The number of hydrogen-bond acceptors (Lipinski definition) is 5. The minimum absolute atomic E-state index is 0.0280. The van der Waals surface area contributed by atoms with Crippen molar-refractivity contribution >= 4 is 17.2 Å². The number of nitrogens with zero attached hydrogens (tertiary/aromatic N) is 2. The Balaban J connectivity index is 1.68. The van der Waals surface area contributed by atoms with Crippen LogP contribution in [0.2, 0.25) is 0 Å². The minimum atomic E-state index is -0.999. The molecule has 3 rings (SSSR count). The molecule has 0 radical (unpaired) electrons. The van der Waals surface area contributed by atoms with Gasteiger partial charge in [-0.1, -0.05) is 26.8 Å². The Morgan fingerprint density at radius 3 is 2.57 bits per heavy atom. The van der Waals surface area contributed by atoms with E-state index in [1.54, 1.807) is 24.2 Å². The third-order valence-electron chi connectivity index (χ3n) is 4.57. The van der Waals surface area contributed by atoms with Gasteiger partial charge in [0.2, 0.25) is 5.91 Å². The third-order valence-corrected chi connectivity index (χ3v) is 5.44. The summed E-state index contributed by atoms with van der Waals surface area (Å²) >= 11 is 1.49. The average molecular weight is 431 g/mol. The molecule has 1 heterocycles. The summed E-state index contributed by atoms with van der Waals surface area (Å²) in [4.78, 5) is 19.3. The van der Waals surface area contributed by atoms with Crippen LogP contribution in [0.4, 0.5) is 4.39 Å². The van der Waals surface area contributed by atoms with Crippen LogP contribution in [0.5, 0.6) is 11.5 Å². The van der Waals surface area contributed by atoms with Gasteiger partial charge in [-0.05, 0) is 36.4 Å². The summed E-state index contributed by atoms with van der Waals surface area (Å²) in [6.45, 7) is 6.31. The van der Waals surface area contributed by atoms with Gasteiger partial charge in [-0.3, -0.25) is 4.79 Å². The molecular weight excluding hydrogens is 403 g/mol. The van der Waals surface area contributed by atoms with Gasteiger partial charge in [0.05, 0.1) is 19.3 Å². The highest BCUT2D eigenvalue weighted by Crippen LogP contribution is 2.27. The number of alkyl halides is 1. The summed E-state index contributed by atoms with van der Waals surface area (Å²) in [6, 6.07) is 7.37. The van der Waals surface area contributed by atoms with Gasteiger partial charge >= 0.3 is 0 Å². The van der Waals surface area contributed by atoms with Gasteiger partial charge in [0, 0.05) is 22.9 Å². The molecule has 1 aromatic heterocycles. The monoisotopic (exact) mass is 430 g/mol. The lowest BCUT2D eigenvalue weighted by Gasteiger charge is -2.31. The Morgan fingerprint density at radius 1 is 1.27 bits per heavy atom. The smallest absolute Gasteiger partial charge is 0.232 e. The van der Waals surface area contributed by atoms with E-state index in [1.165, 1.54) is 17.4 Å². The Bertz CT molecular complexity index is 929. The van der Waals surface area contributed by atoms with Crippen molar-refractivity contribution in [1.29, 1.82) is 0 Å². The SMILES string of the molecule is COc1ccc(OCc2nc(CN(C(=O)C(C)(C)C)C3=CCC(F)C=C3)cs2)cc1. The number of amides is 1. The van der Waals surface area contributed by atoms with Gasteiger partial charge in [-0.2, -0.15) is 0 Å². The van der Waals surface area contributed by atoms with Gasteiger partial charge in [-0.25, -0.2) is 9.37 Å². The molecule has 1 unspecified atom stereocenters. The second-order valence-corrected chi connectivity index (χ2v) is 9.02. The lowest BCUT2D eigenvalue weighted by atomic mass is 9.93. The molecule has 30 heavy (non-hydrogen) atoms. The predicted octanol–water partition coefficient (Wildman–Crippen LogP) is 5.29. The first-order valence-corrected chi connectivity index (χ1v) is 10.7. The van der Waals surface area contributed by atoms with Crippen molar-refractivity contribution in [3.05, 3.63) is 64.3 Å². The molecular formula is C23H27FN2O3S. The number of carbonyl (C=O) groups is 1. The van der Waals surface area contributed by atoms with Gasteiger partial charge in [0.15, 0.2) is 0 Å². The molecule has 1 amide bonds. The largest absolute Gasteiger partial charge is 0.497 e. The summed E-state index contributed by atoms with van der Waals surface area (Å²) < 4.78 is 24.4. The topological polar surface area (TPSA) is 51.7 Å². The molecule has 1 aliphatic carbocycles. The van der Waals surface area contributed by atoms with Crippen LogP contribution in [0.15, 0.2) is 53.6 Å². The number of benzene rings is 1. The molecule has 1 aliphatic rings. The molecule has 1 atom stereocenters. The maximum Gasteiger partial charge on any atom is 0.232 e. The van der Waals surface area contributed by atoms with E-state index in [0.717, 1.165) is 22.2 Å². The van der Waals surface area contributed by atoms with Gasteiger partial charge < -0.3 is 14.4 Å². The molecule has 0 N–H and O–H groups in total. The second kappa shape index (κ2) is 9.43. The number of methoxy groups -OCH3 is 1. The third kappa shape index (κ3) is 5.69. The van der Waals surface area contributed by atoms with E-state index in [9.17, 15) is 9.18 Å². The zero-order valence-electron chi connectivity index (χ0n) is 17.7. The Labute approximate surface area is 180 Å². The van der Waals surface area contributed by atoms with E-state index in [1.807, 2.05) is 50.4 Å². The van der Waals surface area contributed by atoms with Crippen molar-refractivity contribution < 1.29 is 18.7 Å². The van der Waals surface area contributed by atoms with Crippen molar-refractivity contribution in [2.45, 2.75) is 46.5 Å². The van der Waals surface area contributed by atoms with E-state index in [4.69, 9.17) is 9.47 Å². The summed E-state index contributed by atoms with van der Waals surface area (Å²) in [7, 11) is 1.62. The molecule has 160 valence electrons. The second-order valence-electron chi connectivity index (χ2n) is 8.08. The summed E-state index contributed by atoms with van der Waals surface area (Å²) in [5.41, 5.74) is 0.938. The van der Waals surface area contributed by atoms with Crippen LogP contribution < -0.4 is 9.47 Å². The number of thiazole rings is 1. The first kappa shape index (κ1) is 22.0. The highest BCUT2D eigenvalue weighted by molar-refractivity contribution is 7.09. The fraction of sp³-hybridized carbons (Fsp3) is 0.391. The van der Waals surface area contributed by atoms with Crippen LogP contribution in [-0.2, 0) is 17.9 Å². The lowest BCUT2D eigenvalue weighted by molar-refractivity contribution is -0.137. The Hall–Kier alpha value is -2.67. The van der Waals surface area contributed by atoms with Gasteiger partial charge in [0.25, 0.3) is 0 Å². The van der Waals surface area contributed by atoms with E-state index in [0.29, 0.717) is 18.8 Å². The molecule has 5 nitrogen and oxygen atoms in total. The lowest BCUT2D eigenvalue weighted by Crippen LogP contribution is -2.38. The normalized spacial score (nSPS) is 16.2. The molecule has 0 bridgehead atoms. The van der Waals surface area contributed by atoms with Crippen molar-refractivity contribution in [2.24, 2.45) is 5.41 Å². The van der Waals surface area contributed by atoms with Crippen molar-refractivity contribution in [3.63, 3.8) is 0 Å². The zero-order valence-corrected chi connectivity index (χ0v) is 18.5. The standard InChI is InChI=1S/C23H27FN2O3S/c1-23(2,3)22(27)26(18-7-5-16(24)6-8-18)13-17-15-30-21(25-17)14-29-20-11-9-19(28-4)10-12-20/h5,7-12,15-16H,6,13-14H2,1-4H3. The molecule has 2 aromatic rings. The molecule has 7 heteroatoms. The first-order chi connectivity index (χ1) is 14.3. The molecule has 0 spiro atoms. The average Bonchev–Trinajstić information content (AvgIpc) is 3.18. The number of allylic oxidation sites excluding steroid dienone is 3. The van der Waals surface area contributed by atoms with Crippen LogP contribution in [0.3, 0.4) is 0 Å². The van der Waals surface area contributed by atoms with Gasteiger partial charge in [-0.15, -0.1) is 11.3 Å². The van der Waals surface area contributed by atoms with E-state index >= 15 is 0 Å². The first-order valence-electron chi connectivity index (χ1n) is 9.81. The van der Waals surface area contributed by atoms with Gasteiger partial charge in [0.1, 0.15) is 29.3 Å². The fourth-order valence-corrected chi connectivity index (χ4v) is 3.63. The summed E-state index contributed by atoms with van der Waals surface area (Å²) in [5, 5.41) is 2.75. The minimum Gasteiger partial charge on any atom is -0.497 e. The number of carbonyl (C=O) groups excluding carboxylic acids is 1. The molecule has 0 saturated heterocycles. The van der Waals surface area contributed by atoms with Crippen LogP contribution in [0, 0.1) is 5.41 Å². The fourth-order valence-electron chi connectivity index (χ4n) is 2.94. The van der Waals surface area contributed by atoms with Crippen LogP contribution in [0.25, 0.3) is 0 Å². The highest BCUT2D eigenvalue weighted by Gasteiger charge is 2.30. The van der Waals surface area contributed by atoms with Crippen molar-refractivity contribution in [2.75, 3.05) is 7.11 Å². The van der Waals surface area contributed by atoms with Crippen molar-refractivity contribution in [3.8, 4) is 11.5 Å². The summed E-state index contributed by atoms with van der Waals surface area (Å²) in [5.74, 6) is 1.47.